The predicted octanol–water partition coefficient (Wildman–Crippen LogP) is -1.35. The van der Waals surface area contributed by atoms with E-state index in [4.69, 9.17) is 0 Å². The van der Waals surface area contributed by atoms with E-state index in [0.29, 0.717) is 19.0 Å². The molecule has 0 saturated carbocycles. The molecule has 2 aliphatic heterocycles. The van der Waals surface area contributed by atoms with Gasteiger partial charge in [0.1, 0.15) is 26.2 Å². The maximum absolute atomic E-state index is 12.4. The zero-order valence-corrected chi connectivity index (χ0v) is 16.1. The number of nitrogens with zero attached hydrogens (tertiary/aromatic N) is 1. The van der Waals surface area contributed by atoms with Crippen molar-refractivity contribution in [3.63, 3.8) is 0 Å². The first-order valence-corrected chi connectivity index (χ1v) is 9.84. The second-order valence-corrected chi connectivity index (χ2v) is 7.76. The molecule has 26 heavy (non-hydrogen) atoms. The fourth-order valence-corrected chi connectivity index (χ4v) is 4.03. The van der Waals surface area contributed by atoms with Crippen molar-refractivity contribution in [2.45, 2.75) is 26.7 Å². The number of para-hydroxylation sites is 1. The van der Waals surface area contributed by atoms with Crippen molar-refractivity contribution in [1.29, 1.82) is 0 Å². The standard InChI is InChI=1S/C20H30N4O2/c1-16-6-5-7-17(2)20(16)21-18(25)14-22-10-12-23(13-11-22)15-19(26)24-8-3-4-9-24/h5-7H,3-4,8-15H2,1-2H3,(H,21,25)/p+2. The van der Waals surface area contributed by atoms with Gasteiger partial charge in [0.2, 0.25) is 0 Å². The summed E-state index contributed by atoms with van der Waals surface area (Å²) in [6.07, 6.45) is 2.29. The lowest BCUT2D eigenvalue weighted by Gasteiger charge is -2.30. The first-order chi connectivity index (χ1) is 12.5. The molecule has 3 N–H and O–H groups in total. The zero-order chi connectivity index (χ0) is 18.5. The van der Waals surface area contributed by atoms with Crippen LogP contribution in [0, 0.1) is 13.8 Å². The maximum Gasteiger partial charge on any atom is 0.279 e. The Morgan fingerprint density at radius 3 is 2.08 bits per heavy atom. The third-order valence-electron chi connectivity index (χ3n) is 5.68. The van der Waals surface area contributed by atoms with Gasteiger partial charge in [-0.3, -0.25) is 9.59 Å². The second kappa shape index (κ2) is 8.64. The fourth-order valence-electron chi connectivity index (χ4n) is 4.03. The van der Waals surface area contributed by atoms with Crippen molar-refractivity contribution in [1.82, 2.24) is 4.90 Å². The molecule has 0 radical (unpaired) electrons. The summed E-state index contributed by atoms with van der Waals surface area (Å²) >= 11 is 0. The van der Waals surface area contributed by atoms with Crippen LogP contribution in [-0.4, -0.2) is 69.1 Å². The van der Waals surface area contributed by atoms with Crippen LogP contribution >= 0.6 is 0 Å². The molecule has 142 valence electrons. The molecule has 1 aromatic carbocycles. The molecule has 2 fully saturated rings. The van der Waals surface area contributed by atoms with Gasteiger partial charge in [-0.2, -0.15) is 0 Å². The van der Waals surface area contributed by atoms with Gasteiger partial charge in [0, 0.05) is 18.8 Å². The first kappa shape index (κ1) is 18.9. The number of nitrogens with one attached hydrogen (secondary N) is 3. The first-order valence-electron chi connectivity index (χ1n) is 9.84. The number of amides is 2. The van der Waals surface area contributed by atoms with Crippen molar-refractivity contribution < 1.29 is 19.4 Å². The smallest absolute Gasteiger partial charge is 0.279 e. The lowest BCUT2D eigenvalue weighted by Crippen LogP contribution is -3.28. The van der Waals surface area contributed by atoms with Gasteiger partial charge in [0.15, 0.2) is 13.1 Å². The Hall–Kier alpha value is -1.92. The highest BCUT2D eigenvalue weighted by Gasteiger charge is 2.28. The van der Waals surface area contributed by atoms with Crippen LogP contribution in [0.5, 0.6) is 0 Å². The van der Waals surface area contributed by atoms with Crippen molar-refractivity contribution in [2.24, 2.45) is 0 Å². The zero-order valence-electron chi connectivity index (χ0n) is 16.1. The minimum absolute atomic E-state index is 0.0778. The molecule has 6 heteroatoms. The molecular weight excluding hydrogens is 328 g/mol. The summed E-state index contributed by atoms with van der Waals surface area (Å²) in [4.78, 5) is 29.4. The monoisotopic (exact) mass is 360 g/mol. The Morgan fingerprint density at radius 2 is 1.50 bits per heavy atom. The Morgan fingerprint density at radius 1 is 0.962 bits per heavy atom. The molecule has 0 atom stereocenters. The molecule has 0 aromatic heterocycles. The molecule has 6 nitrogen and oxygen atoms in total. The summed E-state index contributed by atoms with van der Waals surface area (Å²) in [5.74, 6) is 0.378. The summed E-state index contributed by atoms with van der Waals surface area (Å²) in [7, 11) is 0. The minimum atomic E-state index is 0.0778. The normalized spacial score (nSPS) is 23.1. The molecule has 2 heterocycles. The SMILES string of the molecule is Cc1cccc(C)c1NC(=O)C[NH+]1CC[NH+](CC(=O)N2CCCC2)CC1. The number of likely N-dealkylation sites (tertiary alicyclic amines) is 1. The Balaban J connectivity index is 1.42. The number of benzene rings is 1. The highest BCUT2D eigenvalue weighted by atomic mass is 16.2. The highest BCUT2D eigenvalue weighted by molar-refractivity contribution is 5.93. The largest absolute Gasteiger partial charge is 0.338 e. The van der Waals surface area contributed by atoms with Crippen LogP contribution in [0.4, 0.5) is 5.69 Å². The van der Waals surface area contributed by atoms with Gasteiger partial charge in [0.05, 0.1) is 0 Å². The van der Waals surface area contributed by atoms with Crippen molar-refractivity contribution in [3.8, 4) is 0 Å². The van der Waals surface area contributed by atoms with Crippen LogP contribution in [0.3, 0.4) is 0 Å². The van der Waals surface area contributed by atoms with Crippen LogP contribution in [-0.2, 0) is 9.59 Å². The lowest BCUT2D eigenvalue weighted by atomic mass is 10.1. The van der Waals surface area contributed by atoms with Crippen molar-refractivity contribution in [3.05, 3.63) is 29.3 Å². The van der Waals surface area contributed by atoms with E-state index in [0.717, 1.165) is 68.9 Å². The Kier molecular flexibility index (Phi) is 6.27. The van der Waals surface area contributed by atoms with Crippen LogP contribution in [0.1, 0.15) is 24.0 Å². The van der Waals surface area contributed by atoms with Crippen molar-refractivity contribution >= 4 is 17.5 Å². The van der Waals surface area contributed by atoms with Crippen molar-refractivity contribution in [2.75, 3.05) is 57.7 Å². The predicted molar refractivity (Wildman–Crippen MR) is 101 cm³/mol. The number of anilines is 1. The third-order valence-corrected chi connectivity index (χ3v) is 5.68. The van der Waals surface area contributed by atoms with Crippen LogP contribution in [0.25, 0.3) is 0 Å². The molecule has 1 aromatic rings. The average Bonchev–Trinajstić information content (AvgIpc) is 3.15. The van der Waals surface area contributed by atoms with Crippen LogP contribution in [0.15, 0.2) is 18.2 Å². The summed E-state index contributed by atoms with van der Waals surface area (Å²) in [6, 6.07) is 6.06. The summed E-state index contributed by atoms with van der Waals surface area (Å²) < 4.78 is 0. The number of aryl methyl sites for hydroxylation is 2. The summed E-state index contributed by atoms with van der Waals surface area (Å²) in [5, 5.41) is 3.08. The van der Waals surface area contributed by atoms with Crippen LogP contribution in [0.2, 0.25) is 0 Å². The molecule has 2 amide bonds. The van der Waals surface area contributed by atoms with Gasteiger partial charge in [-0.25, -0.2) is 0 Å². The van der Waals surface area contributed by atoms with E-state index in [2.05, 4.69) is 5.32 Å². The minimum Gasteiger partial charge on any atom is -0.338 e. The quantitative estimate of drug-likeness (QED) is 0.608. The number of carbonyl (C=O) groups is 2. The van der Waals surface area contributed by atoms with Gasteiger partial charge in [-0.15, -0.1) is 0 Å². The molecule has 0 spiro atoms. The number of piperazine rings is 1. The molecule has 0 bridgehead atoms. The molecule has 0 unspecified atom stereocenters. The molecule has 0 aliphatic carbocycles. The molecule has 2 saturated heterocycles. The van der Waals surface area contributed by atoms with Gasteiger partial charge < -0.3 is 20.0 Å². The van der Waals surface area contributed by atoms with E-state index in [1.807, 2.05) is 36.9 Å². The van der Waals surface area contributed by atoms with Gasteiger partial charge >= 0.3 is 0 Å². The number of rotatable bonds is 5. The Labute approximate surface area is 156 Å². The van der Waals surface area contributed by atoms with E-state index < -0.39 is 0 Å². The van der Waals surface area contributed by atoms with Gasteiger partial charge in [-0.05, 0) is 37.8 Å². The molecule has 2 aliphatic rings. The van der Waals surface area contributed by atoms with E-state index in [9.17, 15) is 9.59 Å². The average molecular weight is 361 g/mol. The Bertz CT molecular complexity index is 627. The number of hydrogen-bond donors (Lipinski definition) is 3. The van der Waals surface area contributed by atoms with E-state index in [-0.39, 0.29) is 5.91 Å². The third kappa shape index (κ3) is 4.83. The second-order valence-electron chi connectivity index (χ2n) is 7.76. The van der Waals surface area contributed by atoms with E-state index in [1.165, 1.54) is 9.80 Å². The molecule has 3 rings (SSSR count). The van der Waals surface area contributed by atoms with Gasteiger partial charge in [0.25, 0.3) is 11.8 Å². The van der Waals surface area contributed by atoms with E-state index in [1.54, 1.807) is 0 Å². The number of quaternary nitrogens is 2. The van der Waals surface area contributed by atoms with E-state index >= 15 is 0 Å². The lowest BCUT2D eigenvalue weighted by molar-refractivity contribution is -1.00. The van der Waals surface area contributed by atoms with Gasteiger partial charge in [-0.1, -0.05) is 18.2 Å². The fraction of sp³-hybridized carbons (Fsp3) is 0.600. The number of carbonyl (C=O) groups excluding carboxylic acids is 2. The summed E-state index contributed by atoms with van der Waals surface area (Å²) in [5.41, 5.74) is 3.14. The van der Waals surface area contributed by atoms with Crippen LogP contribution < -0.4 is 15.1 Å². The summed E-state index contributed by atoms with van der Waals surface area (Å²) in [6.45, 7) is 10.8. The maximum atomic E-state index is 12.4. The highest BCUT2D eigenvalue weighted by Crippen LogP contribution is 2.18. The molecular formula is C20H32N4O2+2. The topological polar surface area (TPSA) is 58.3 Å². The number of hydrogen-bond acceptors (Lipinski definition) is 2.